The summed E-state index contributed by atoms with van der Waals surface area (Å²) < 4.78 is 0. The molecule has 0 saturated heterocycles. The zero-order valence-electron chi connectivity index (χ0n) is 10.5. The van der Waals surface area contributed by atoms with Gasteiger partial charge in [-0.3, -0.25) is 0 Å². The lowest BCUT2D eigenvalue weighted by Gasteiger charge is -2.07. The van der Waals surface area contributed by atoms with Crippen LogP contribution in [0.3, 0.4) is 0 Å². The number of carbonyl (C=O) groups excluding carboxylic acids is 1. The largest absolute Gasteiger partial charge is 0.323 e. The Morgan fingerprint density at radius 1 is 0.947 bits per heavy atom. The van der Waals surface area contributed by atoms with Gasteiger partial charge in [0, 0.05) is 11.4 Å². The van der Waals surface area contributed by atoms with E-state index in [-0.39, 0.29) is 6.03 Å². The molecule has 0 aliphatic rings. The summed E-state index contributed by atoms with van der Waals surface area (Å²) in [5.74, 6) is 0. The molecule has 0 saturated carbocycles. The second-order valence-corrected chi connectivity index (χ2v) is 4.13. The molecule has 0 aromatic heterocycles. The lowest BCUT2D eigenvalue weighted by atomic mass is 10.2. The van der Waals surface area contributed by atoms with Gasteiger partial charge in [-0.1, -0.05) is 17.7 Å². The number of nitrogens with zero attached hydrogens (tertiary/aromatic N) is 1. The number of carbonyl (C=O) groups is 1. The van der Waals surface area contributed by atoms with Crippen molar-refractivity contribution in [3.8, 4) is 6.07 Å². The standard InChI is InChI=1S/C15H13N3O/c1-11-2-6-13(7-3-11)17-15(19)18-14-8-4-12(10-16)5-9-14/h2-9H,1H3,(H2,17,18,19). The zero-order chi connectivity index (χ0) is 13.7. The molecule has 94 valence electrons. The maximum Gasteiger partial charge on any atom is 0.323 e. The van der Waals surface area contributed by atoms with Crippen molar-refractivity contribution in [1.29, 1.82) is 5.26 Å². The van der Waals surface area contributed by atoms with Crippen molar-refractivity contribution in [3.63, 3.8) is 0 Å². The van der Waals surface area contributed by atoms with Crippen molar-refractivity contribution < 1.29 is 4.79 Å². The van der Waals surface area contributed by atoms with E-state index in [0.717, 1.165) is 11.3 Å². The van der Waals surface area contributed by atoms with Crippen molar-refractivity contribution in [2.75, 3.05) is 10.6 Å². The van der Waals surface area contributed by atoms with Gasteiger partial charge in [-0.15, -0.1) is 0 Å². The van der Waals surface area contributed by atoms with Crippen LogP contribution in [0.2, 0.25) is 0 Å². The van der Waals surface area contributed by atoms with Crippen molar-refractivity contribution >= 4 is 17.4 Å². The predicted octanol–water partition coefficient (Wildman–Crippen LogP) is 3.51. The van der Waals surface area contributed by atoms with Crippen LogP contribution in [0.1, 0.15) is 11.1 Å². The highest BCUT2D eigenvalue weighted by atomic mass is 16.2. The van der Waals surface area contributed by atoms with E-state index in [1.807, 2.05) is 37.3 Å². The molecule has 2 aromatic rings. The number of amides is 2. The summed E-state index contributed by atoms with van der Waals surface area (Å²) in [6, 6.07) is 15.9. The lowest BCUT2D eigenvalue weighted by molar-refractivity contribution is 0.262. The normalized spacial score (nSPS) is 9.47. The van der Waals surface area contributed by atoms with Crippen LogP contribution >= 0.6 is 0 Å². The number of rotatable bonds is 2. The summed E-state index contributed by atoms with van der Waals surface area (Å²) in [5.41, 5.74) is 3.07. The molecule has 2 aromatic carbocycles. The second kappa shape index (κ2) is 5.69. The first kappa shape index (κ1) is 12.7. The van der Waals surface area contributed by atoms with Crippen molar-refractivity contribution in [3.05, 3.63) is 59.7 Å². The Hall–Kier alpha value is -2.80. The summed E-state index contributed by atoms with van der Waals surface area (Å²) in [4.78, 5) is 11.7. The number of aryl methyl sites for hydroxylation is 1. The monoisotopic (exact) mass is 251 g/mol. The summed E-state index contributed by atoms with van der Waals surface area (Å²) in [7, 11) is 0. The van der Waals surface area contributed by atoms with Gasteiger partial charge < -0.3 is 10.6 Å². The summed E-state index contributed by atoms with van der Waals surface area (Å²) in [6.45, 7) is 1.99. The summed E-state index contributed by atoms with van der Waals surface area (Å²) in [6.07, 6.45) is 0. The van der Waals surface area contributed by atoms with Crippen LogP contribution in [0, 0.1) is 18.3 Å². The maximum absolute atomic E-state index is 11.7. The minimum atomic E-state index is -0.312. The van der Waals surface area contributed by atoms with Crippen molar-refractivity contribution in [2.45, 2.75) is 6.92 Å². The first-order valence-corrected chi connectivity index (χ1v) is 5.82. The molecule has 2 amide bonds. The van der Waals surface area contributed by atoms with Gasteiger partial charge in [-0.05, 0) is 43.3 Å². The van der Waals surface area contributed by atoms with Gasteiger partial charge in [0.1, 0.15) is 0 Å². The Balaban J connectivity index is 1.97. The average molecular weight is 251 g/mol. The quantitative estimate of drug-likeness (QED) is 0.857. The molecule has 0 atom stereocenters. The lowest BCUT2D eigenvalue weighted by Crippen LogP contribution is -2.19. The number of hydrogen-bond donors (Lipinski definition) is 2. The number of nitrogens with one attached hydrogen (secondary N) is 2. The minimum Gasteiger partial charge on any atom is -0.308 e. The van der Waals surface area contributed by atoms with Crippen LogP contribution in [0.5, 0.6) is 0 Å². The Morgan fingerprint density at radius 2 is 1.42 bits per heavy atom. The molecule has 0 aliphatic heterocycles. The van der Waals surface area contributed by atoms with Crippen LogP contribution in [0.4, 0.5) is 16.2 Å². The van der Waals surface area contributed by atoms with Crippen LogP contribution in [-0.2, 0) is 0 Å². The molecule has 0 unspecified atom stereocenters. The van der Waals surface area contributed by atoms with Gasteiger partial charge in [0.25, 0.3) is 0 Å². The highest BCUT2D eigenvalue weighted by Gasteiger charge is 2.02. The van der Waals surface area contributed by atoms with Gasteiger partial charge >= 0.3 is 6.03 Å². The number of nitriles is 1. The molecule has 2 N–H and O–H groups in total. The van der Waals surface area contributed by atoms with Gasteiger partial charge in [-0.2, -0.15) is 5.26 Å². The third kappa shape index (κ3) is 3.58. The Morgan fingerprint density at radius 3 is 1.89 bits per heavy atom. The van der Waals surface area contributed by atoms with E-state index >= 15 is 0 Å². The van der Waals surface area contributed by atoms with E-state index < -0.39 is 0 Å². The van der Waals surface area contributed by atoms with E-state index in [4.69, 9.17) is 5.26 Å². The van der Waals surface area contributed by atoms with Gasteiger partial charge in [0.05, 0.1) is 11.6 Å². The minimum absolute atomic E-state index is 0.312. The topological polar surface area (TPSA) is 64.9 Å². The molecule has 0 radical (unpaired) electrons. The second-order valence-electron chi connectivity index (χ2n) is 4.13. The molecule has 0 bridgehead atoms. The fourth-order valence-corrected chi connectivity index (χ4v) is 1.56. The molecule has 0 aliphatic carbocycles. The van der Waals surface area contributed by atoms with Crippen LogP contribution < -0.4 is 10.6 Å². The fourth-order valence-electron chi connectivity index (χ4n) is 1.56. The van der Waals surface area contributed by atoms with E-state index in [1.54, 1.807) is 24.3 Å². The number of anilines is 2. The first-order valence-electron chi connectivity index (χ1n) is 5.82. The first-order chi connectivity index (χ1) is 9.17. The number of hydrogen-bond acceptors (Lipinski definition) is 2. The van der Waals surface area contributed by atoms with Crippen LogP contribution in [0.15, 0.2) is 48.5 Å². The van der Waals surface area contributed by atoms with Crippen molar-refractivity contribution in [2.24, 2.45) is 0 Å². The number of benzene rings is 2. The van der Waals surface area contributed by atoms with E-state index in [0.29, 0.717) is 11.3 Å². The predicted molar refractivity (Wildman–Crippen MR) is 75.0 cm³/mol. The summed E-state index contributed by atoms with van der Waals surface area (Å²) in [5, 5.41) is 14.1. The SMILES string of the molecule is Cc1ccc(NC(=O)Nc2ccc(C#N)cc2)cc1. The third-order valence-corrected chi connectivity index (χ3v) is 2.58. The molecule has 0 spiro atoms. The molecular weight excluding hydrogens is 238 g/mol. The van der Waals surface area contributed by atoms with Gasteiger partial charge in [0.15, 0.2) is 0 Å². The molecule has 4 nitrogen and oxygen atoms in total. The molecule has 19 heavy (non-hydrogen) atoms. The average Bonchev–Trinajstić information content (AvgIpc) is 2.42. The Kier molecular flexibility index (Phi) is 3.79. The molecule has 0 heterocycles. The smallest absolute Gasteiger partial charge is 0.308 e. The Bertz CT molecular complexity index is 609. The third-order valence-electron chi connectivity index (χ3n) is 2.58. The van der Waals surface area contributed by atoms with E-state index in [9.17, 15) is 4.79 Å². The van der Waals surface area contributed by atoms with Crippen LogP contribution in [-0.4, -0.2) is 6.03 Å². The van der Waals surface area contributed by atoms with E-state index in [2.05, 4.69) is 10.6 Å². The summed E-state index contributed by atoms with van der Waals surface area (Å²) >= 11 is 0. The highest BCUT2D eigenvalue weighted by molar-refractivity contribution is 5.99. The number of urea groups is 1. The molecular formula is C15H13N3O. The Labute approximate surface area is 111 Å². The van der Waals surface area contributed by atoms with Gasteiger partial charge in [0.2, 0.25) is 0 Å². The molecule has 4 heteroatoms. The molecule has 2 rings (SSSR count). The van der Waals surface area contributed by atoms with Gasteiger partial charge in [-0.25, -0.2) is 4.79 Å². The fraction of sp³-hybridized carbons (Fsp3) is 0.0667. The van der Waals surface area contributed by atoms with E-state index in [1.165, 1.54) is 0 Å². The zero-order valence-corrected chi connectivity index (χ0v) is 10.5. The van der Waals surface area contributed by atoms with Crippen molar-refractivity contribution in [1.82, 2.24) is 0 Å². The maximum atomic E-state index is 11.7. The highest BCUT2D eigenvalue weighted by Crippen LogP contribution is 2.11. The van der Waals surface area contributed by atoms with Crippen LogP contribution in [0.25, 0.3) is 0 Å². The molecule has 0 fully saturated rings.